The van der Waals surface area contributed by atoms with Crippen LogP contribution in [0.5, 0.6) is 11.5 Å². The number of carboxylic acids is 1. The van der Waals surface area contributed by atoms with Gasteiger partial charge in [-0.15, -0.1) is 0 Å². The van der Waals surface area contributed by atoms with E-state index in [-0.39, 0.29) is 17.1 Å². The van der Waals surface area contributed by atoms with Crippen LogP contribution in [0.2, 0.25) is 0 Å². The zero-order valence-corrected chi connectivity index (χ0v) is 24.5. The van der Waals surface area contributed by atoms with Gasteiger partial charge >= 0.3 is 24.4 Å². The van der Waals surface area contributed by atoms with Crippen molar-refractivity contribution in [2.24, 2.45) is 0 Å². The summed E-state index contributed by atoms with van der Waals surface area (Å²) in [5, 5.41) is 12.9. The molecule has 0 aliphatic carbocycles. The van der Waals surface area contributed by atoms with Gasteiger partial charge in [-0.25, -0.2) is 19.2 Å². The first-order valence-electron chi connectivity index (χ1n) is 12.4. The first-order chi connectivity index (χ1) is 17.5. The van der Waals surface area contributed by atoms with E-state index in [1.54, 1.807) is 76.2 Å². The van der Waals surface area contributed by atoms with Crippen LogP contribution < -0.4 is 14.8 Å². The summed E-state index contributed by atoms with van der Waals surface area (Å²) in [6.45, 7) is 18.0. The lowest BCUT2D eigenvalue weighted by Gasteiger charge is -2.33. The highest BCUT2D eigenvalue weighted by Gasteiger charge is 2.45. The Balaban J connectivity index is 3.49. The highest BCUT2D eigenvalue weighted by molar-refractivity contribution is 5.80. The van der Waals surface area contributed by atoms with E-state index in [0.717, 1.165) is 0 Å². The van der Waals surface area contributed by atoms with Gasteiger partial charge in [0.25, 0.3) is 5.72 Å². The molecule has 0 heterocycles. The molecule has 12 heteroatoms. The Morgan fingerprint density at radius 1 is 0.718 bits per heavy atom. The molecule has 220 valence electrons. The molecular formula is C27H41NO11. The van der Waals surface area contributed by atoms with Crippen LogP contribution in [0.1, 0.15) is 81.7 Å². The van der Waals surface area contributed by atoms with Gasteiger partial charge in [-0.2, -0.15) is 0 Å². The molecule has 2 N–H and O–H groups in total. The van der Waals surface area contributed by atoms with E-state index in [9.17, 15) is 24.3 Å². The van der Waals surface area contributed by atoms with Crippen LogP contribution in [-0.4, -0.2) is 58.1 Å². The van der Waals surface area contributed by atoms with Crippen molar-refractivity contribution in [1.29, 1.82) is 0 Å². The van der Waals surface area contributed by atoms with Gasteiger partial charge in [0.15, 0.2) is 11.5 Å². The van der Waals surface area contributed by atoms with Gasteiger partial charge < -0.3 is 33.5 Å². The van der Waals surface area contributed by atoms with Gasteiger partial charge in [-0.3, -0.25) is 5.32 Å². The molecule has 0 aromatic heterocycles. The summed E-state index contributed by atoms with van der Waals surface area (Å²) in [4.78, 5) is 49.6. The molecule has 0 unspecified atom stereocenters. The van der Waals surface area contributed by atoms with Crippen LogP contribution in [-0.2, 0) is 30.2 Å². The fraction of sp³-hybridized carbons (Fsp3) is 0.630. The van der Waals surface area contributed by atoms with Crippen LogP contribution in [0.4, 0.5) is 14.4 Å². The third kappa shape index (κ3) is 12.7. The fourth-order valence-electron chi connectivity index (χ4n) is 3.01. The largest absolute Gasteiger partial charge is 0.514 e. The Morgan fingerprint density at radius 3 is 1.56 bits per heavy atom. The third-order valence-corrected chi connectivity index (χ3v) is 4.14. The number of ether oxygens (including phenoxy) is 6. The molecule has 0 amide bonds. The van der Waals surface area contributed by atoms with Crippen molar-refractivity contribution >= 4 is 24.4 Å². The Kier molecular flexibility index (Phi) is 10.8. The first kappa shape index (κ1) is 33.5. The summed E-state index contributed by atoms with van der Waals surface area (Å²) >= 11 is 0. The summed E-state index contributed by atoms with van der Waals surface area (Å²) in [5.41, 5.74) is -4.70. The van der Waals surface area contributed by atoms with Crippen LogP contribution >= 0.6 is 0 Å². The summed E-state index contributed by atoms with van der Waals surface area (Å²) in [6.07, 6.45) is -3.77. The van der Waals surface area contributed by atoms with E-state index in [2.05, 4.69) is 5.32 Å². The van der Waals surface area contributed by atoms with Crippen molar-refractivity contribution < 1.29 is 52.7 Å². The van der Waals surface area contributed by atoms with Crippen LogP contribution in [0.3, 0.4) is 0 Å². The zero-order valence-electron chi connectivity index (χ0n) is 24.5. The number of nitrogens with one attached hydrogen (secondary N) is 1. The predicted octanol–water partition coefficient (Wildman–Crippen LogP) is 5.59. The second-order valence-electron chi connectivity index (χ2n) is 12.1. The fourth-order valence-corrected chi connectivity index (χ4v) is 3.01. The van der Waals surface area contributed by atoms with E-state index >= 15 is 0 Å². The number of hydrogen-bond acceptors (Lipinski definition) is 11. The number of benzene rings is 1. The minimum absolute atomic E-state index is 0.190. The van der Waals surface area contributed by atoms with E-state index in [1.165, 1.54) is 18.2 Å². The summed E-state index contributed by atoms with van der Waals surface area (Å²) < 4.78 is 31.4. The minimum Gasteiger partial charge on any atom is -0.477 e. The number of carbonyl (C=O) groups excluding carboxylic acids is 3. The minimum atomic E-state index is -2.26. The van der Waals surface area contributed by atoms with E-state index in [4.69, 9.17) is 28.4 Å². The molecular weight excluding hydrogens is 514 g/mol. The first-order valence-corrected chi connectivity index (χ1v) is 12.4. The van der Waals surface area contributed by atoms with Crippen molar-refractivity contribution in [3.05, 3.63) is 23.8 Å². The molecule has 0 saturated carbocycles. The molecule has 0 radical (unpaired) electrons. The molecule has 0 fully saturated rings. The second kappa shape index (κ2) is 12.5. The van der Waals surface area contributed by atoms with E-state index < -0.39 is 59.4 Å². The lowest BCUT2D eigenvalue weighted by Crippen LogP contribution is -2.59. The molecule has 0 aliphatic heterocycles. The SMILES string of the molecule is CC(C)N[C@@](Cc1ccc(OC(=O)OC(C)(C)C)c(OC(=O)OC(C)(C)C)c1)(OC(=O)OC(C)(C)C)C(=O)O. The molecule has 0 spiro atoms. The van der Waals surface area contributed by atoms with Crippen LogP contribution in [0.25, 0.3) is 0 Å². The van der Waals surface area contributed by atoms with Crippen molar-refractivity contribution in [1.82, 2.24) is 5.32 Å². The Labute approximate surface area is 229 Å². The Bertz CT molecular complexity index is 1050. The summed E-state index contributed by atoms with van der Waals surface area (Å²) in [5.74, 6) is -1.94. The Morgan fingerprint density at radius 2 is 1.15 bits per heavy atom. The normalized spacial score (nSPS) is 13.6. The molecule has 0 bridgehead atoms. The second-order valence-corrected chi connectivity index (χ2v) is 12.1. The molecule has 12 nitrogen and oxygen atoms in total. The number of carbonyl (C=O) groups is 4. The monoisotopic (exact) mass is 555 g/mol. The van der Waals surface area contributed by atoms with Gasteiger partial charge in [-0.05, 0) is 93.9 Å². The van der Waals surface area contributed by atoms with E-state index in [0.29, 0.717) is 0 Å². The number of carboxylic acid groups (broad SMARTS) is 1. The Hall–Kier alpha value is -3.54. The average Bonchev–Trinajstić information content (AvgIpc) is 2.64. The third-order valence-electron chi connectivity index (χ3n) is 4.14. The van der Waals surface area contributed by atoms with Gasteiger partial charge in [-0.1, -0.05) is 6.07 Å². The number of rotatable bonds is 8. The van der Waals surface area contributed by atoms with Crippen molar-refractivity contribution in [3.8, 4) is 11.5 Å². The highest BCUT2D eigenvalue weighted by Crippen LogP contribution is 2.32. The van der Waals surface area contributed by atoms with Gasteiger partial charge in [0.1, 0.15) is 16.8 Å². The predicted molar refractivity (Wildman–Crippen MR) is 140 cm³/mol. The topological polar surface area (TPSA) is 156 Å². The zero-order chi connectivity index (χ0) is 30.4. The standard InChI is InChI=1S/C27H41NO11/c1-16(2)28-27(20(29)30,39-23(33)38-26(9,10)11)15-17-12-13-18(34-21(31)36-24(3,4)5)19(14-17)35-22(32)37-25(6,7)8/h12-14,16,28H,15H2,1-11H3,(H,29,30)/t27-/m0/s1. The van der Waals surface area contributed by atoms with Crippen LogP contribution in [0, 0.1) is 0 Å². The maximum absolute atomic E-state index is 12.5. The quantitative estimate of drug-likeness (QED) is 0.178. The van der Waals surface area contributed by atoms with Gasteiger partial charge in [0, 0.05) is 12.5 Å². The maximum atomic E-state index is 12.5. The molecule has 1 rings (SSSR count). The van der Waals surface area contributed by atoms with Crippen molar-refractivity contribution in [2.75, 3.05) is 0 Å². The summed E-state index contributed by atoms with van der Waals surface area (Å²) in [7, 11) is 0. The van der Waals surface area contributed by atoms with Gasteiger partial charge in [0.2, 0.25) is 0 Å². The van der Waals surface area contributed by atoms with Crippen LogP contribution in [0.15, 0.2) is 18.2 Å². The summed E-state index contributed by atoms with van der Waals surface area (Å²) in [6, 6.07) is 3.53. The smallest absolute Gasteiger partial charge is 0.477 e. The molecule has 1 aromatic rings. The molecule has 0 aliphatic rings. The van der Waals surface area contributed by atoms with Gasteiger partial charge in [0.05, 0.1) is 0 Å². The lowest BCUT2D eigenvalue weighted by atomic mass is 10.0. The molecule has 1 atom stereocenters. The van der Waals surface area contributed by atoms with Crippen molar-refractivity contribution in [3.63, 3.8) is 0 Å². The molecule has 1 aromatic carbocycles. The number of hydrogen-bond donors (Lipinski definition) is 2. The van der Waals surface area contributed by atoms with Crippen molar-refractivity contribution in [2.45, 2.75) is 111 Å². The maximum Gasteiger partial charge on any atom is 0.514 e. The molecule has 39 heavy (non-hydrogen) atoms. The average molecular weight is 556 g/mol. The molecule has 0 saturated heterocycles. The highest BCUT2D eigenvalue weighted by atomic mass is 16.8. The lowest BCUT2D eigenvalue weighted by molar-refractivity contribution is -0.169. The van der Waals surface area contributed by atoms with E-state index in [1.807, 2.05) is 0 Å². The number of aliphatic carboxylic acids is 1.